The number of nitrogens with one attached hydrogen (secondary N) is 2. The van der Waals surface area contributed by atoms with E-state index < -0.39 is 11.6 Å². The number of aromatic nitrogens is 2. The van der Waals surface area contributed by atoms with Gasteiger partial charge in [-0.05, 0) is 47.4 Å². The first-order chi connectivity index (χ1) is 13.7. The van der Waals surface area contributed by atoms with Crippen LogP contribution in [0.4, 0.5) is 8.78 Å². The van der Waals surface area contributed by atoms with Gasteiger partial charge in [0.2, 0.25) is 0 Å². The van der Waals surface area contributed by atoms with Gasteiger partial charge in [0.05, 0.1) is 6.54 Å². The summed E-state index contributed by atoms with van der Waals surface area (Å²) >= 11 is 0. The normalized spacial score (nSPS) is 11.5. The summed E-state index contributed by atoms with van der Waals surface area (Å²) in [7, 11) is 1.67. The zero-order valence-electron chi connectivity index (χ0n) is 15.7. The number of aliphatic imine (C=N–C) groups is 1. The van der Waals surface area contributed by atoms with Gasteiger partial charge in [-0.3, -0.25) is 9.67 Å². The molecule has 7 heteroatoms. The molecule has 0 aliphatic rings. The fourth-order valence-corrected chi connectivity index (χ4v) is 2.90. The minimum Gasteiger partial charge on any atom is -0.356 e. The second-order valence-electron chi connectivity index (χ2n) is 6.31. The number of hydrogen-bond acceptors (Lipinski definition) is 2. The van der Waals surface area contributed by atoms with Gasteiger partial charge < -0.3 is 10.6 Å². The van der Waals surface area contributed by atoms with Gasteiger partial charge in [0, 0.05) is 32.5 Å². The highest BCUT2D eigenvalue weighted by Crippen LogP contribution is 2.11. The molecule has 0 saturated heterocycles. The van der Waals surface area contributed by atoms with E-state index in [1.54, 1.807) is 13.2 Å². The molecule has 0 aliphatic carbocycles. The Bertz CT molecular complexity index is 922. The Hall–Kier alpha value is -3.22. The summed E-state index contributed by atoms with van der Waals surface area (Å²) in [6, 6.07) is 13.5. The maximum atomic E-state index is 13.7. The minimum absolute atomic E-state index is 0.340. The van der Waals surface area contributed by atoms with Crippen molar-refractivity contribution in [1.82, 2.24) is 20.4 Å². The third kappa shape index (κ3) is 5.39. The van der Waals surface area contributed by atoms with Crippen LogP contribution in [-0.4, -0.2) is 29.3 Å². The van der Waals surface area contributed by atoms with Crippen molar-refractivity contribution in [2.24, 2.45) is 4.99 Å². The van der Waals surface area contributed by atoms with Crippen LogP contribution in [0.5, 0.6) is 0 Å². The van der Waals surface area contributed by atoms with Gasteiger partial charge in [-0.2, -0.15) is 5.10 Å². The van der Waals surface area contributed by atoms with Crippen molar-refractivity contribution in [2.75, 3.05) is 13.6 Å². The van der Waals surface area contributed by atoms with Gasteiger partial charge in [-0.1, -0.05) is 24.3 Å². The van der Waals surface area contributed by atoms with Crippen molar-refractivity contribution in [1.29, 1.82) is 0 Å². The molecule has 28 heavy (non-hydrogen) atoms. The van der Waals surface area contributed by atoms with E-state index in [-0.39, 0.29) is 0 Å². The van der Waals surface area contributed by atoms with Crippen LogP contribution < -0.4 is 10.6 Å². The lowest BCUT2D eigenvalue weighted by Crippen LogP contribution is -2.38. The van der Waals surface area contributed by atoms with Crippen LogP contribution >= 0.6 is 0 Å². The second kappa shape index (κ2) is 9.64. The Kier molecular flexibility index (Phi) is 6.73. The SMILES string of the molecule is CN=C(NCCc1cc(F)ccc1F)NCc1ccccc1Cn1cccn1. The zero-order chi connectivity index (χ0) is 19.8. The Morgan fingerprint density at radius 2 is 1.86 bits per heavy atom. The second-order valence-corrected chi connectivity index (χ2v) is 6.31. The molecule has 0 bridgehead atoms. The van der Waals surface area contributed by atoms with Crippen molar-refractivity contribution in [3.63, 3.8) is 0 Å². The monoisotopic (exact) mass is 383 g/mol. The van der Waals surface area contributed by atoms with Gasteiger partial charge in [-0.25, -0.2) is 8.78 Å². The van der Waals surface area contributed by atoms with Crippen LogP contribution in [0.15, 0.2) is 65.9 Å². The third-order valence-electron chi connectivity index (χ3n) is 4.37. The molecular formula is C21H23F2N5. The first-order valence-corrected chi connectivity index (χ1v) is 9.08. The standard InChI is InChI=1S/C21H23F2N5/c1-24-21(25-11-9-16-13-19(22)7-8-20(16)23)26-14-17-5-2-3-6-18(17)15-28-12-4-10-27-28/h2-8,10,12-13H,9,11,14-15H2,1H3,(H2,24,25,26). The van der Waals surface area contributed by atoms with Crippen molar-refractivity contribution >= 4 is 5.96 Å². The lowest BCUT2D eigenvalue weighted by Gasteiger charge is -2.14. The molecule has 2 aromatic carbocycles. The lowest BCUT2D eigenvalue weighted by atomic mass is 10.1. The zero-order valence-corrected chi connectivity index (χ0v) is 15.7. The van der Waals surface area contributed by atoms with E-state index in [9.17, 15) is 8.78 Å². The predicted molar refractivity (Wildman–Crippen MR) is 106 cm³/mol. The predicted octanol–water partition coefficient (Wildman–Crippen LogP) is 3.12. The summed E-state index contributed by atoms with van der Waals surface area (Å²) in [4.78, 5) is 4.19. The number of rotatable bonds is 7. The van der Waals surface area contributed by atoms with Crippen molar-refractivity contribution < 1.29 is 8.78 Å². The molecule has 0 unspecified atom stereocenters. The fraction of sp³-hybridized carbons (Fsp3) is 0.238. The Morgan fingerprint density at radius 1 is 1.04 bits per heavy atom. The van der Waals surface area contributed by atoms with Gasteiger partial charge in [-0.15, -0.1) is 0 Å². The Labute approximate surface area is 163 Å². The van der Waals surface area contributed by atoms with Crippen LogP contribution in [0.2, 0.25) is 0 Å². The van der Waals surface area contributed by atoms with Crippen LogP contribution in [0, 0.1) is 11.6 Å². The van der Waals surface area contributed by atoms with Gasteiger partial charge >= 0.3 is 0 Å². The quantitative estimate of drug-likeness (QED) is 0.487. The van der Waals surface area contributed by atoms with Crippen molar-refractivity contribution in [3.8, 4) is 0 Å². The number of guanidine groups is 1. The molecule has 3 aromatic rings. The molecular weight excluding hydrogens is 360 g/mol. The first-order valence-electron chi connectivity index (χ1n) is 9.08. The Morgan fingerprint density at radius 3 is 2.61 bits per heavy atom. The maximum Gasteiger partial charge on any atom is 0.191 e. The van der Waals surface area contributed by atoms with E-state index in [0.717, 1.165) is 23.3 Å². The molecule has 3 rings (SSSR count). The van der Waals surface area contributed by atoms with E-state index in [1.165, 1.54) is 6.07 Å². The maximum absolute atomic E-state index is 13.7. The fourth-order valence-electron chi connectivity index (χ4n) is 2.90. The highest BCUT2D eigenvalue weighted by Gasteiger charge is 2.06. The molecule has 0 aliphatic heterocycles. The van der Waals surface area contributed by atoms with Crippen LogP contribution in [0.3, 0.4) is 0 Å². The van der Waals surface area contributed by atoms with Gasteiger partial charge in [0.25, 0.3) is 0 Å². The topological polar surface area (TPSA) is 54.2 Å². The number of halogens is 2. The highest BCUT2D eigenvalue weighted by atomic mass is 19.1. The lowest BCUT2D eigenvalue weighted by molar-refractivity contribution is 0.583. The average molecular weight is 383 g/mol. The van der Waals surface area contributed by atoms with E-state index in [1.807, 2.05) is 29.1 Å². The summed E-state index contributed by atoms with van der Waals surface area (Å²) in [6.45, 7) is 1.72. The molecule has 1 heterocycles. The molecule has 0 amide bonds. The van der Waals surface area contributed by atoms with Crippen LogP contribution in [0.25, 0.3) is 0 Å². The summed E-state index contributed by atoms with van der Waals surface area (Å²) in [5.41, 5.74) is 2.64. The molecule has 2 N–H and O–H groups in total. The highest BCUT2D eigenvalue weighted by molar-refractivity contribution is 5.79. The smallest absolute Gasteiger partial charge is 0.191 e. The van der Waals surface area contributed by atoms with Crippen molar-refractivity contribution in [3.05, 3.63) is 89.2 Å². The minimum atomic E-state index is -0.437. The molecule has 0 saturated carbocycles. The van der Waals surface area contributed by atoms with E-state index >= 15 is 0 Å². The number of benzene rings is 2. The van der Waals surface area contributed by atoms with E-state index in [2.05, 4.69) is 32.9 Å². The first kappa shape index (κ1) is 19.5. The summed E-state index contributed by atoms with van der Waals surface area (Å²) < 4.78 is 28.8. The summed E-state index contributed by atoms with van der Waals surface area (Å²) in [6.07, 6.45) is 4.05. The molecule has 146 valence electrons. The van der Waals surface area contributed by atoms with Gasteiger partial charge in [0.15, 0.2) is 5.96 Å². The molecule has 5 nitrogen and oxygen atoms in total. The summed E-state index contributed by atoms with van der Waals surface area (Å²) in [5, 5.41) is 10.6. The largest absolute Gasteiger partial charge is 0.356 e. The summed E-state index contributed by atoms with van der Waals surface area (Å²) in [5.74, 6) is -0.239. The van der Waals surface area contributed by atoms with E-state index in [4.69, 9.17) is 0 Å². The molecule has 0 fully saturated rings. The van der Waals surface area contributed by atoms with Crippen molar-refractivity contribution in [2.45, 2.75) is 19.5 Å². The molecule has 0 radical (unpaired) electrons. The number of nitrogens with zero attached hydrogens (tertiary/aromatic N) is 3. The molecule has 0 atom stereocenters. The van der Waals surface area contributed by atoms with Crippen LogP contribution in [-0.2, 0) is 19.5 Å². The van der Waals surface area contributed by atoms with E-state index in [0.29, 0.717) is 37.6 Å². The van der Waals surface area contributed by atoms with Crippen LogP contribution in [0.1, 0.15) is 16.7 Å². The molecule has 0 spiro atoms. The average Bonchev–Trinajstić information content (AvgIpc) is 3.21. The number of hydrogen-bond donors (Lipinski definition) is 2. The third-order valence-corrected chi connectivity index (χ3v) is 4.37. The Balaban J connectivity index is 1.54. The molecule has 1 aromatic heterocycles. The van der Waals surface area contributed by atoms with Gasteiger partial charge in [0.1, 0.15) is 11.6 Å².